The molecule has 3 fully saturated rings. The molecule has 4 aliphatic carbocycles. The van der Waals surface area contributed by atoms with Crippen LogP contribution in [0, 0.1) is 28.6 Å². The molecule has 0 aliphatic heterocycles. The summed E-state index contributed by atoms with van der Waals surface area (Å²) < 4.78 is 14.2. The summed E-state index contributed by atoms with van der Waals surface area (Å²) in [7, 11) is 0. The quantitative estimate of drug-likeness (QED) is 0.544. The molecule has 0 saturated heterocycles. The van der Waals surface area contributed by atoms with Gasteiger partial charge in [0.15, 0.2) is 0 Å². The first-order valence-electron chi connectivity index (χ1n) is 10.0. The van der Waals surface area contributed by atoms with Crippen molar-refractivity contribution in [3.63, 3.8) is 0 Å². The highest BCUT2D eigenvalue weighted by Gasteiger charge is 2.58. The SMILES string of the molecule is CC1=C2C[C@@H](O)CC[C@]2(C)C2CC[C@]3(C)/C(=C(\C)F)CCC3C2C1. The van der Waals surface area contributed by atoms with Crippen molar-refractivity contribution in [1.82, 2.24) is 0 Å². The number of fused-ring (bicyclic) bond motifs is 5. The number of hydrogen-bond acceptors (Lipinski definition) is 1. The van der Waals surface area contributed by atoms with Gasteiger partial charge in [-0.05, 0) is 99.4 Å². The highest BCUT2D eigenvalue weighted by Crippen LogP contribution is 2.67. The van der Waals surface area contributed by atoms with Crippen LogP contribution in [0.25, 0.3) is 0 Å². The monoisotopic (exact) mass is 332 g/mol. The molecule has 0 bridgehead atoms. The molecule has 0 amide bonds. The summed E-state index contributed by atoms with van der Waals surface area (Å²) in [5, 5.41) is 10.2. The largest absolute Gasteiger partial charge is 0.393 e. The van der Waals surface area contributed by atoms with Gasteiger partial charge in [0.1, 0.15) is 0 Å². The van der Waals surface area contributed by atoms with Crippen molar-refractivity contribution in [1.29, 1.82) is 0 Å². The molecule has 4 rings (SSSR count). The molecule has 0 radical (unpaired) electrons. The zero-order valence-electron chi connectivity index (χ0n) is 15.8. The van der Waals surface area contributed by atoms with E-state index < -0.39 is 0 Å². The minimum absolute atomic E-state index is 0.0919. The molecule has 4 aliphatic rings. The van der Waals surface area contributed by atoms with Gasteiger partial charge >= 0.3 is 0 Å². The zero-order valence-corrected chi connectivity index (χ0v) is 15.8. The van der Waals surface area contributed by atoms with Gasteiger partial charge < -0.3 is 5.11 Å². The topological polar surface area (TPSA) is 20.2 Å². The standard InChI is InChI=1S/C22H33FO/c1-13-11-16-18-6-5-17(14(2)23)21(18,3)10-8-19(16)22(4)9-7-15(24)12-20(13)22/h15-16,18-19,24H,5-12H2,1-4H3/b17-14+/t15-,16?,18?,19?,21+,22+/m0/s1. The van der Waals surface area contributed by atoms with Gasteiger partial charge in [0.05, 0.1) is 11.9 Å². The first-order chi connectivity index (χ1) is 11.3. The summed E-state index contributed by atoms with van der Waals surface area (Å²) >= 11 is 0. The summed E-state index contributed by atoms with van der Waals surface area (Å²) in [5.74, 6) is 2.19. The second kappa shape index (κ2) is 5.43. The van der Waals surface area contributed by atoms with Crippen molar-refractivity contribution in [3.05, 3.63) is 22.5 Å². The molecular weight excluding hydrogens is 299 g/mol. The number of rotatable bonds is 0. The third-order valence-corrected chi connectivity index (χ3v) is 8.64. The van der Waals surface area contributed by atoms with Gasteiger partial charge in [0.25, 0.3) is 0 Å². The Balaban J connectivity index is 1.74. The summed E-state index contributed by atoms with van der Waals surface area (Å²) in [4.78, 5) is 0. The highest BCUT2D eigenvalue weighted by atomic mass is 19.1. The van der Waals surface area contributed by atoms with Crippen LogP contribution in [-0.2, 0) is 0 Å². The molecule has 1 N–H and O–H groups in total. The summed E-state index contributed by atoms with van der Waals surface area (Å²) in [6, 6.07) is 0. The number of halogens is 1. The van der Waals surface area contributed by atoms with Crippen molar-refractivity contribution >= 4 is 0 Å². The molecule has 3 saturated carbocycles. The van der Waals surface area contributed by atoms with E-state index in [-0.39, 0.29) is 22.8 Å². The van der Waals surface area contributed by atoms with E-state index in [1.54, 1.807) is 12.5 Å². The van der Waals surface area contributed by atoms with Crippen LogP contribution in [0.5, 0.6) is 0 Å². The molecule has 24 heavy (non-hydrogen) atoms. The summed E-state index contributed by atoms with van der Waals surface area (Å²) in [6.07, 6.45) is 8.56. The second-order valence-electron chi connectivity index (χ2n) is 9.66. The summed E-state index contributed by atoms with van der Waals surface area (Å²) in [6.45, 7) is 8.80. The molecule has 6 atom stereocenters. The Bertz CT molecular complexity index is 613. The predicted molar refractivity (Wildman–Crippen MR) is 96.1 cm³/mol. The highest BCUT2D eigenvalue weighted by molar-refractivity contribution is 5.33. The van der Waals surface area contributed by atoms with Crippen molar-refractivity contribution in [2.24, 2.45) is 28.6 Å². The minimum Gasteiger partial charge on any atom is -0.393 e. The van der Waals surface area contributed by atoms with E-state index in [1.807, 2.05) is 0 Å². The number of aliphatic hydroxyl groups excluding tert-OH is 1. The van der Waals surface area contributed by atoms with Crippen LogP contribution in [0.2, 0.25) is 0 Å². The molecule has 134 valence electrons. The fourth-order valence-electron chi connectivity index (χ4n) is 7.48. The van der Waals surface area contributed by atoms with E-state index >= 15 is 0 Å². The normalized spacial score (nSPS) is 50.2. The van der Waals surface area contributed by atoms with E-state index in [1.165, 1.54) is 24.8 Å². The van der Waals surface area contributed by atoms with Gasteiger partial charge in [-0.15, -0.1) is 0 Å². The van der Waals surface area contributed by atoms with Crippen LogP contribution in [0.15, 0.2) is 22.5 Å². The maximum absolute atomic E-state index is 14.2. The molecule has 3 unspecified atom stereocenters. The van der Waals surface area contributed by atoms with Crippen molar-refractivity contribution < 1.29 is 9.50 Å². The summed E-state index contributed by atoms with van der Waals surface area (Å²) in [5.41, 5.74) is 4.62. The van der Waals surface area contributed by atoms with E-state index in [0.29, 0.717) is 11.8 Å². The lowest BCUT2D eigenvalue weighted by Crippen LogP contribution is -2.50. The predicted octanol–water partition coefficient (Wildman–Crippen LogP) is 5.94. The van der Waals surface area contributed by atoms with E-state index in [2.05, 4.69) is 20.8 Å². The Morgan fingerprint density at radius 1 is 1.04 bits per heavy atom. The Labute approximate surface area is 146 Å². The lowest BCUT2D eigenvalue weighted by Gasteiger charge is -2.58. The Morgan fingerprint density at radius 2 is 1.71 bits per heavy atom. The van der Waals surface area contributed by atoms with Crippen molar-refractivity contribution in [2.75, 3.05) is 0 Å². The van der Waals surface area contributed by atoms with Gasteiger partial charge in [-0.3, -0.25) is 0 Å². The smallest absolute Gasteiger partial charge is 0.0966 e. The first kappa shape index (κ1) is 16.8. The second-order valence-corrected chi connectivity index (χ2v) is 9.66. The van der Waals surface area contributed by atoms with Crippen LogP contribution in [0.1, 0.15) is 79.1 Å². The number of hydrogen-bond donors (Lipinski definition) is 1. The number of aliphatic hydroxyl groups is 1. The fraction of sp³-hybridized carbons (Fsp3) is 0.818. The number of allylic oxidation sites excluding steroid dienone is 3. The average molecular weight is 333 g/mol. The van der Waals surface area contributed by atoms with Crippen molar-refractivity contribution in [2.45, 2.75) is 85.2 Å². The lowest BCUT2D eigenvalue weighted by molar-refractivity contribution is -0.0302. The first-order valence-corrected chi connectivity index (χ1v) is 10.0. The van der Waals surface area contributed by atoms with Crippen LogP contribution < -0.4 is 0 Å². The van der Waals surface area contributed by atoms with E-state index in [9.17, 15) is 9.50 Å². The molecule has 2 heteroatoms. The maximum Gasteiger partial charge on any atom is 0.0966 e. The van der Waals surface area contributed by atoms with Crippen LogP contribution in [0.4, 0.5) is 4.39 Å². The molecule has 0 aromatic rings. The van der Waals surface area contributed by atoms with Crippen LogP contribution in [-0.4, -0.2) is 11.2 Å². The van der Waals surface area contributed by atoms with Gasteiger partial charge in [-0.1, -0.05) is 25.0 Å². The molecule has 0 aromatic carbocycles. The van der Waals surface area contributed by atoms with Crippen LogP contribution in [0.3, 0.4) is 0 Å². The molecule has 0 spiro atoms. The van der Waals surface area contributed by atoms with E-state index in [4.69, 9.17) is 0 Å². The molecule has 1 nitrogen and oxygen atoms in total. The Morgan fingerprint density at radius 3 is 2.42 bits per heavy atom. The van der Waals surface area contributed by atoms with Gasteiger partial charge in [-0.2, -0.15) is 0 Å². The van der Waals surface area contributed by atoms with Crippen LogP contribution >= 0.6 is 0 Å². The zero-order chi connectivity index (χ0) is 17.3. The minimum atomic E-state index is -0.136. The third-order valence-electron chi connectivity index (χ3n) is 8.64. The van der Waals surface area contributed by atoms with E-state index in [0.717, 1.165) is 43.6 Å². The van der Waals surface area contributed by atoms with Gasteiger partial charge in [-0.25, -0.2) is 4.39 Å². The Kier molecular flexibility index (Phi) is 3.81. The molecule has 0 heterocycles. The Hall–Kier alpha value is -0.630. The average Bonchev–Trinajstić information content (AvgIpc) is 2.87. The molecular formula is C22H33FO. The fourth-order valence-corrected chi connectivity index (χ4v) is 7.48. The maximum atomic E-state index is 14.2. The lowest BCUT2D eigenvalue weighted by atomic mass is 9.46. The van der Waals surface area contributed by atoms with Gasteiger partial charge in [0.2, 0.25) is 0 Å². The van der Waals surface area contributed by atoms with Crippen molar-refractivity contribution in [3.8, 4) is 0 Å². The third kappa shape index (κ3) is 2.14. The molecule has 0 aromatic heterocycles. The van der Waals surface area contributed by atoms with Gasteiger partial charge in [0, 0.05) is 0 Å².